The van der Waals surface area contributed by atoms with Crippen LogP contribution in [0.1, 0.15) is 28.8 Å². The van der Waals surface area contributed by atoms with Gasteiger partial charge in [-0.1, -0.05) is 60.7 Å². The van der Waals surface area contributed by atoms with Gasteiger partial charge in [-0.25, -0.2) is 4.68 Å². The minimum atomic E-state index is -0.351. The van der Waals surface area contributed by atoms with Crippen LogP contribution in [0.15, 0.2) is 90.8 Å². The molecule has 3 aromatic carbocycles. The average Bonchev–Trinajstić information content (AvgIpc) is 3.31. The first-order chi connectivity index (χ1) is 15.3. The van der Waals surface area contributed by atoms with Gasteiger partial charge in [0.05, 0.1) is 12.8 Å². The largest absolute Gasteiger partial charge is 0.496 e. The van der Waals surface area contributed by atoms with Crippen molar-refractivity contribution in [2.75, 3.05) is 12.4 Å². The van der Waals surface area contributed by atoms with Crippen LogP contribution < -0.4 is 14.8 Å². The highest BCUT2D eigenvalue weighted by Gasteiger charge is 2.41. The SMILES string of the molecule is COc1ccccc1[C@H]1Oc2ccccc2C2=C1[C@@H](c1ccccc1)n1ncnc1N2. The second-order valence-electron chi connectivity index (χ2n) is 7.53. The molecule has 1 N–H and O–H groups in total. The first-order valence-corrected chi connectivity index (χ1v) is 10.2. The standard InChI is InChI=1S/C25H20N4O2/c1-30-19-13-7-6-12-18(19)24-21-22(17-11-5-8-14-20(17)31-24)28-25-26-15-27-29(25)23(21)16-9-3-2-4-10-16/h2-15,23-24H,1H3,(H,26,27,28)/t23-,24-/m1/s1. The van der Waals surface area contributed by atoms with Crippen molar-refractivity contribution in [3.05, 3.63) is 107 Å². The number of anilines is 1. The molecule has 0 aliphatic carbocycles. The molecule has 4 aromatic rings. The summed E-state index contributed by atoms with van der Waals surface area (Å²) in [4.78, 5) is 4.47. The summed E-state index contributed by atoms with van der Waals surface area (Å²) < 4.78 is 14.3. The van der Waals surface area contributed by atoms with E-state index in [9.17, 15) is 0 Å². The average molecular weight is 408 g/mol. The Morgan fingerprint density at radius 2 is 1.71 bits per heavy atom. The van der Waals surface area contributed by atoms with Crippen LogP contribution in [0.3, 0.4) is 0 Å². The third kappa shape index (κ3) is 2.72. The topological polar surface area (TPSA) is 61.2 Å². The minimum Gasteiger partial charge on any atom is -0.496 e. The highest BCUT2D eigenvalue weighted by Crippen LogP contribution is 2.51. The van der Waals surface area contributed by atoms with Crippen LogP contribution in [0.4, 0.5) is 5.95 Å². The Morgan fingerprint density at radius 1 is 0.935 bits per heavy atom. The van der Waals surface area contributed by atoms with E-state index in [2.05, 4.69) is 39.7 Å². The Kier molecular flexibility index (Phi) is 4.02. The van der Waals surface area contributed by atoms with Gasteiger partial charge in [0.2, 0.25) is 5.95 Å². The molecule has 0 saturated heterocycles. The van der Waals surface area contributed by atoms with Crippen LogP contribution in [-0.4, -0.2) is 21.9 Å². The van der Waals surface area contributed by atoms with E-state index in [0.29, 0.717) is 5.95 Å². The molecule has 31 heavy (non-hydrogen) atoms. The van der Waals surface area contributed by atoms with Crippen LogP contribution in [0.5, 0.6) is 11.5 Å². The zero-order valence-corrected chi connectivity index (χ0v) is 16.9. The molecule has 0 bridgehead atoms. The summed E-state index contributed by atoms with van der Waals surface area (Å²) in [7, 11) is 1.69. The molecule has 0 radical (unpaired) electrons. The smallest absolute Gasteiger partial charge is 0.226 e. The van der Waals surface area contributed by atoms with Gasteiger partial charge < -0.3 is 14.8 Å². The molecule has 3 heterocycles. The Labute approximate surface area is 179 Å². The van der Waals surface area contributed by atoms with Gasteiger partial charge in [0.25, 0.3) is 0 Å². The molecule has 0 saturated carbocycles. The Hall–Kier alpha value is -4.06. The number of rotatable bonds is 3. The highest BCUT2D eigenvalue weighted by molar-refractivity contribution is 5.85. The van der Waals surface area contributed by atoms with Gasteiger partial charge in [0.15, 0.2) is 6.10 Å². The quantitative estimate of drug-likeness (QED) is 0.525. The molecule has 2 atom stereocenters. The monoisotopic (exact) mass is 408 g/mol. The molecule has 0 unspecified atom stereocenters. The molecule has 1 aromatic heterocycles. The van der Waals surface area contributed by atoms with Crippen molar-refractivity contribution in [1.29, 1.82) is 0 Å². The van der Waals surface area contributed by atoms with E-state index < -0.39 is 0 Å². The Morgan fingerprint density at radius 3 is 2.58 bits per heavy atom. The highest BCUT2D eigenvalue weighted by atomic mass is 16.5. The molecule has 0 fully saturated rings. The van der Waals surface area contributed by atoms with E-state index >= 15 is 0 Å². The number of nitrogens with zero attached hydrogens (tertiary/aromatic N) is 3. The molecule has 6 rings (SSSR count). The lowest BCUT2D eigenvalue weighted by atomic mass is 9.84. The van der Waals surface area contributed by atoms with Gasteiger partial charge >= 0.3 is 0 Å². The van der Waals surface area contributed by atoms with Gasteiger partial charge in [-0.15, -0.1) is 0 Å². The van der Waals surface area contributed by atoms with E-state index in [1.54, 1.807) is 13.4 Å². The van der Waals surface area contributed by atoms with E-state index in [0.717, 1.165) is 39.5 Å². The maximum absolute atomic E-state index is 6.63. The number of methoxy groups -OCH3 is 1. The summed E-state index contributed by atoms with van der Waals surface area (Å²) in [6, 6.07) is 26.3. The maximum atomic E-state index is 6.63. The molecule has 6 heteroatoms. The van der Waals surface area contributed by atoms with Crippen LogP contribution in [0, 0.1) is 0 Å². The zero-order valence-electron chi connectivity index (χ0n) is 16.9. The van der Waals surface area contributed by atoms with Crippen molar-refractivity contribution in [3.8, 4) is 11.5 Å². The summed E-state index contributed by atoms with van der Waals surface area (Å²) in [6.07, 6.45) is 1.23. The number of fused-ring (bicyclic) bond motifs is 3. The van der Waals surface area contributed by atoms with Crippen molar-refractivity contribution >= 4 is 11.6 Å². The summed E-state index contributed by atoms with van der Waals surface area (Å²) in [5.41, 5.74) is 5.18. The second-order valence-corrected chi connectivity index (χ2v) is 7.53. The molecule has 0 spiro atoms. The number of aromatic nitrogens is 3. The van der Waals surface area contributed by atoms with Gasteiger partial charge in [-0.3, -0.25) is 0 Å². The van der Waals surface area contributed by atoms with Crippen LogP contribution in [0.2, 0.25) is 0 Å². The van der Waals surface area contributed by atoms with Crippen molar-refractivity contribution in [2.45, 2.75) is 12.1 Å². The van der Waals surface area contributed by atoms with E-state index in [1.807, 2.05) is 59.3 Å². The Balaban J connectivity index is 1.65. The second kappa shape index (κ2) is 7.02. The molecule has 152 valence electrons. The summed E-state index contributed by atoms with van der Waals surface area (Å²) in [5, 5.41) is 8.07. The lowest BCUT2D eigenvalue weighted by Gasteiger charge is -2.39. The maximum Gasteiger partial charge on any atom is 0.226 e. The molecular formula is C25H20N4O2. The van der Waals surface area contributed by atoms with Crippen molar-refractivity contribution in [2.24, 2.45) is 0 Å². The minimum absolute atomic E-state index is 0.168. The molecule has 6 nitrogen and oxygen atoms in total. The zero-order chi connectivity index (χ0) is 20.8. The lowest BCUT2D eigenvalue weighted by Crippen LogP contribution is -2.32. The predicted octanol–water partition coefficient (Wildman–Crippen LogP) is 4.85. The third-order valence-corrected chi connectivity index (χ3v) is 5.86. The predicted molar refractivity (Wildman–Crippen MR) is 118 cm³/mol. The Bertz CT molecular complexity index is 1300. The number of benzene rings is 3. The van der Waals surface area contributed by atoms with Crippen molar-refractivity contribution in [1.82, 2.24) is 14.8 Å². The summed E-state index contributed by atoms with van der Waals surface area (Å²) >= 11 is 0. The van der Waals surface area contributed by atoms with Gasteiger partial charge in [-0.05, 0) is 23.8 Å². The lowest BCUT2D eigenvalue weighted by molar-refractivity contribution is 0.217. The van der Waals surface area contributed by atoms with Gasteiger partial charge in [0.1, 0.15) is 23.9 Å². The van der Waals surface area contributed by atoms with Crippen molar-refractivity contribution < 1.29 is 9.47 Å². The fourth-order valence-electron chi connectivity index (χ4n) is 4.51. The van der Waals surface area contributed by atoms with Crippen LogP contribution in [0.25, 0.3) is 5.70 Å². The van der Waals surface area contributed by atoms with Gasteiger partial charge in [0, 0.05) is 16.7 Å². The molecule has 2 aliphatic heterocycles. The number of ether oxygens (including phenoxy) is 2. The fraction of sp³-hybridized carbons (Fsp3) is 0.120. The summed E-state index contributed by atoms with van der Waals surface area (Å²) in [6.45, 7) is 0. The first kappa shape index (κ1) is 17.8. The third-order valence-electron chi connectivity index (χ3n) is 5.86. The van der Waals surface area contributed by atoms with E-state index in [4.69, 9.17) is 9.47 Å². The summed E-state index contributed by atoms with van der Waals surface area (Å²) in [5.74, 6) is 2.32. The molecule has 2 aliphatic rings. The molecule has 0 amide bonds. The van der Waals surface area contributed by atoms with Crippen LogP contribution in [-0.2, 0) is 0 Å². The normalized spacial score (nSPS) is 18.9. The van der Waals surface area contributed by atoms with Crippen LogP contribution >= 0.6 is 0 Å². The number of nitrogens with one attached hydrogen (secondary N) is 1. The van der Waals surface area contributed by atoms with E-state index in [-0.39, 0.29) is 12.1 Å². The fourth-order valence-corrected chi connectivity index (χ4v) is 4.51. The van der Waals surface area contributed by atoms with E-state index in [1.165, 1.54) is 0 Å². The number of hydrogen-bond donors (Lipinski definition) is 1. The first-order valence-electron chi connectivity index (χ1n) is 10.2. The number of hydrogen-bond acceptors (Lipinski definition) is 5. The number of para-hydroxylation sites is 2. The molecular weight excluding hydrogens is 388 g/mol. The van der Waals surface area contributed by atoms with Crippen molar-refractivity contribution in [3.63, 3.8) is 0 Å². The van der Waals surface area contributed by atoms with Gasteiger partial charge in [-0.2, -0.15) is 10.1 Å².